The summed E-state index contributed by atoms with van der Waals surface area (Å²) in [6, 6.07) is 0. The van der Waals surface area contributed by atoms with E-state index in [9.17, 15) is 0 Å². The zero-order valence-corrected chi connectivity index (χ0v) is 6.43. The molecule has 1 heteroatoms. The summed E-state index contributed by atoms with van der Waals surface area (Å²) in [4.78, 5) is 0. The van der Waals surface area contributed by atoms with E-state index in [4.69, 9.17) is 5.11 Å². The molecule has 55 valence electrons. The van der Waals surface area contributed by atoms with Crippen molar-refractivity contribution in [3.8, 4) is 0 Å². The van der Waals surface area contributed by atoms with Crippen LogP contribution in [0.4, 0.5) is 0 Å². The maximum atomic E-state index is 8.31. The normalized spacial score (nSPS) is 10.7. The van der Waals surface area contributed by atoms with Gasteiger partial charge in [0.25, 0.3) is 0 Å². The summed E-state index contributed by atoms with van der Waals surface area (Å²) in [6.45, 7) is 5.70. The highest BCUT2D eigenvalue weighted by atomic mass is 16.2. The molecule has 0 spiro atoms. The molecule has 0 aromatic carbocycles. The minimum absolute atomic E-state index is 0.809. The summed E-state index contributed by atoms with van der Waals surface area (Å²) in [5, 5.41) is 8.31. The van der Waals surface area contributed by atoms with Crippen LogP contribution in [0.15, 0.2) is 0 Å². The van der Waals surface area contributed by atoms with Gasteiger partial charge in [-0.1, -0.05) is 33.1 Å². The smallest absolute Gasteiger partial charge is 0.0799 e. The summed E-state index contributed by atoms with van der Waals surface area (Å²) >= 11 is 0. The average Bonchev–Trinajstić information content (AvgIpc) is 1.80. The van der Waals surface area contributed by atoms with Crippen molar-refractivity contribution in [2.75, 3.05) is 0 Å². The Hall–Kier alpha value is -0.0400. The molecule has 0 saturated carbocycles. The van der Waals surface area contributed by atoms with Crippen LogP contribution in [0.5, 0.6) is 0 Å². The zero-order valence-electron chi connectivity index (χ0n) is 6.43. The SMILES string of the molecule is CC(C)CCCC[CH]O. The van der Waals surface area contributed by atoms with Gasteiger partial charge in [0.05, 0.1) is 6.61 Å². The van der Waals surface area contributed by atoms with Crippen molar-refractivity contribution in [1.82, 2.24) is 0 Å². The van der Waals surface area contributed by atoms with Crippen LogP contribution >= 0.6 is 0 Å². The predicted octanol–water partition coefficient (Wildman–Crippen LogP) is 2.74. The molecule has 0 atom stereocenters. The lowest BCUT2D eigenvalue weighted by Gasteiger charge is -2.01. The minimum Gasteiger partial charge on any atom is -0.390 e. The molecule has 0 amide bonds. The largest absolute Gasteiger partial charge is 0.390 e. The second kappa shape index (κ2) is 6.09. The van der Waals surface area contributed by atoms with Gasteiger partial charge in [-0.15, -0.1) is 0 Å². The van der Waals surface area contributed by atoms with E-state index in [1.165, 1.54) is 19.4 Å². The maximum absolute atomic E-state index is 8.31. The lowest BCUT2D eigenvalue weighted by atomic mass is 10.1. The third-order valence-electron chi connectivity index (χ3n) is 1.36. The van der Waals surface area contributed by atoms with Gasteiger partial charge in [0, 0.05) is 0 Å². The van der Waals surface area contributed by atoms with Gasteiger partial charge in [-0.25, -0.2) is 0 Å². The van der Waals surface area contributed by atoms with Crippen molar-refractivity contribution in [3.63, 3.8) is 0 Å². The Bertz CT molecular complexity index is 50.5. The van der Waals surface area contributed by atoms with Gasteiger partial charge in [0.15, 0.2) is 0 Å². The monoisotopic (exact) mass is 129 g/mol. The van der Waals surface area contributed by atoms with Crippen molar-refractivity contribution in [2.24, 2.45) is 5.92 Å². The molecule has 0 unspecified atom stereocenters. The van der Waals surface area contributed by atoms with E-state index in [0.29, 0.717) is 0 Å². The molecule has 0 saturated heterocycles. The molecule has 0 aliphatic heterocycles. The summed E-state index contributed by atoms with van der Waals surface area (Å²) in [5.74, 6) is 0.809. The van der Waals surface area contributed by atoms with Crippen LogP contribution in [-0.2, 0) is 0 Å². The maximum Gasteiger partial charge on any atom is 0.0799 e. The quantitative estimate of drug-likeness (QED) is 0.566. The first-order valence-electron chi connectivity index (χ1n) is 3.73. The molecule has 0 heterocycles. The van der Waals surface area contributed by atoms with Gasteiger partial charge in [0.2, 0.25) is 0 Å². The van der Waals surface area contributed by atoms with E-state index in [1.54, 1.807) is 0 Å². The Labute approximate surface area is 58.1 Å². The zero-order chi connectivity index (χ0) is 7.11. The van der Waals surface area contributed by atoms with Crippen molar-refractivity contribution >= 4 is 0 Å². The van der Waals surface area contributed by atoms with Crippen LogP contribution < -0.4 is 0 Å². The summed E-state index contributed by atoms with van der Waals surface area (Å²) < 4.78 is 0. The molecule has 0 aliphatic carbocycles. The fourth-order valence-corrected chi connectivity index (χ4v) is 0.788. The summed E-state index contributed by atoms with van der Waals surface area (Å²) in [7, 11) is 0. The fraction of sp³-hybridized carbons (Fsp3) is 0.875. The highest BCUT2D eigenvalue weighted by Gasteiger charge is 1.92. The van der Waals surface area contributed by atoms with Gasteiger partial charge in [-0.2, -0.15) is 0 Å². The Morgan fingerprint density at radius 2 is 2.00 bits per heavy atom. The topological polar surface area (TPSA) is 20.2 Å². The van der Waals surface area contributed by atoms with Crippen LogP contribution in [0.3, 0.4) is 0 Å². The highest BCUT2D eigenvalue weighted by Crippen LogP contribution is 2.07. The Balaban J connectivity index is 2.75. The second-order valence-corrected chi connectivity index (χ2v) is 2.86. The Morgan fingerprint density at radius 1 is 1.33 bits per heavy atom. The van der Waals surface area contributed by atoms with Crippen LogP contribution in [0.25, 0.3) is 0 Å². The molecular weight excluding hydrogens is 112 g/mol. The van der Waals surface area contributed by atoms with E-state index in [1.807, 2.05) is 0 Å². The number of aliphatic hydroxyl groups is 1. The van der Waals surface area contributed by atoms with Crippen molar-refractivity contribution in [1.29, 1.82) is 0 Å². The number of aliphatic hydroxyl groups excluding tert-OH is 1. The van der Waals surface area contributed by atoms with E-state index >= 15 is 0 Å². The van der Waals surface area contributed by atoms with E-state index in [2.05, 4.69) is 13.8 Å². The molecule has 0 aliphatic rings. The number of hydrogen-bond acceptors (Lipinski definition) is 1. The molecule has 1 nitrogen and oxygen atoms in total. The molecule has 9 heavy (non-hydrogen) atoms. The number of unbranched alkanes of at least 4 members (excludes halogenated alkanes) is 2. The van der Waals surface area contributed by atoms with Crippen molar-refractivity contribution in [2.45, 2.75) is 39.5 Å². The van der Waals surface area contributed by atoms with E-state index in [-0.39, 0.29) is 0 Å². The molecule has 0 aromatic rings. The van der Waals surface area contributed by atoms with Gasteiger partial charge in [-0.05, 0) is 12.3 Å². The minimum atomic E-state index is 0.809. The molecular formula is C8H17O. The first-order valence-corrected chi connectivity index (χ1v) is 3.73. The first-order chi connectivity index (χ1) is 4.27. The fourth-order valence-electron chi connectivity index (χ4n) is 0.788. The van der Waals surface area contributed by atoms with Crippen LogP contribution in [0.1, 0.15) is 39.5 Å². The lowest BCUT2D eigenvalue weighted by Crippen LogP contribution is -1.86. The lowest BCUT2D eigenvalue weighted by molar-refractivity contribution is 0.365. The highest BCUT2D eigenvalue weighted by molar-refractivity contribution is 4.50. The Kier molecular flexibility index (Phi) is 6.06. The number of hydrogen-bond donors (Lipinski definition) is 1. The standard InChI is InChI=1S/C8H17O/c1-8(2)6-4-3-5-7-9/h7-9H,3-6H2,1-2H3. The second-order valence-electron chi connectivity index (χ2n) is 2.86. The van der Waals surface area contributed by atoms with E-state index in [0.717, 1.165) is 18.8 Å². The van der Waals surface area contributed by atoms with Crippen molar-refractivity contribution in [3.05, 3.63) is 6.61 Å². The molecule has 1 N–H and O–H groups in total. The third kappa shape index (κ3) is 7.96. The Morgan fingerprint density at radius 3 is 2.44 bits per heavy atom. The molecule has 0 bridgehead atoms. The summed E-state index contributed by atoms with van der Waals surface area (Å²) in [6.07, 6.45) is 4.52. The molecule has 0 aromatic heterocycles. The van der Waals surface area contributed by atoms with Crippen LogP contribution in [0, 0.1) is 12.5 Å². The first kappa shape index (κ1) is 8.96. The molecule has 0 fully saturated rings. The van der Waals surface area contributed by atoms with Crippen LogP contribution in [0.2, 0.25) is 0 Å². The number of rotatable bonds is 5. The van der Waals surface area contributed by atoms with Gasteiger partial charge in [-0.3, -0.25) is 0 Å². The average molecular weight is 129 g/mol. The van der Waals surface area contributed by atoms with Gasteiger partial charge in [0.1, 0.15) is 0 Å². The van der Waals surface area contributed by atoms with E-state index < -0.39 is 0 Å². The molecule has 1 radical (unpaired) electrons. The van der Waals surface area contributed by atoms with Crippen LogP contribution in [-0.4, -0.2) is 5.11 Å². The third-order valence-corrected chi connectivity index (χ3v) is 1.36. The van der Waals surface area contributed by atoms with Gasteiger partial charge < -0.3 is 5.11 Å². The van der Waals surface area contributed by atoms with Gasteiger partial charge >= 0.3 is 0 Å². The summed E-state index contributed by atoms with van der Waals surface area (Å²) in [5.41, 5.74) is 0. The molecule has 0 rings (SSSR count). The predicted molar refractivity (Wildman–Crippen MR) is 39.5 cm³/mol. The van der Waals surface area contributed by atoms with Crippen molar-refractivity contribution < 1.29 is 5.11 Å².